The second-order valence-electron chi connectivity index (χ2n) is 14.9. The molecule has 3 unspecified atom stereocenters. The molecule has 4 saturated heterocycles. The van der Waals surface area contributed by atoms with Gasteiger partial charge in [-0.1, -0.05) is 23.7 Å². The highest BCUT2D eigenvalue weighted by Crippen LogP contribution is 2.44. The lowest BCUT2D eigenvalue weighted by molar-refractivity contribution is 0.0121. The van der Waals surface area contributed by atoms with Crippen molar-refractivity contribution in [3.05, 3.63) is 45.6 Å². The van der Waals surface area contributed by atoms with E-state index in [9.17, 15) is 19.4 Å². The van der Waals surface area contributed by atoms with E-state index in [0.717, 1.165) is 43.4 Å². The molecule has 10 nitrogen and oxygen atoms in total. The molecule has 4 aliphatic heterocycles. The first-order valence-electron chi connectivity index (χ1n) is 16.7. The van der Waals surface area contributed by atoms with E-state index in [2.05, 4.69) is 9.80 Å². The molecule has 250 valence electrons. The number of benzene rings is 1. The van der Waals surface area contributed by atoms with Crippen molar-refractivity contribution in [1.82, 2.24) is 19.8 Å². The summed E-state index contributed by atoms with van der Waals surface area (Å²) in [5, 5.41) is 23.4. The maximum atomic E-state index is 14.5. The minimum Gasteiger partial charge on any atom is -0.461 e. The molecule has 1 aromatic carbocycles. The molecule has 0 spiro atoms. The highest BCUT2D eigenvalue weighted by atomic mass is 35.5. The van der Waals surface area contributed by atoms with Crippen molar-refractivity contribution in [2.75, 3.05) is 37.7 Å². The summed E-state index contributed by atoms with van der Waals surface area (Å²) < 4.78 is 26.6. The number of halogens is 2. The Kier molecular flexibility index (Phi) is 8.14. The average Bonchev–Trinajstić information content (AvgIpc) is 3.70. The van der Waals surface area contributed by atoms with Crippen molar-refractivity contribution >= 4 is 23.5 Å². The van der Waals surface area contributed by atoms with Crippen molar-refractivity contribution in [2.45, 2.75) is 114 Å². The van der Waals surface area contributed by atoms with Crippen molar-refractivity contribution in [3.63, 3.8) is 0 Å². The molecule has 46 heavy (non-hydrogen) atoms. The number of amides is 1. The van der Waals surface area contributed by atoms with Crippen LogP contribution in [0, 0.1) is 0 Å². The third-order valence-electron chi connectivity index (χ3n) is 10.7. The van der Waals surface area contributed by atoms with E-state index in [1.807, 2.05) is 43.9 Å². The summed E-state index contributed by atoms with van der Waals surface area (Å²) in [6.07, 6.45) is 4.04. The van der Waals surface area contributed by atoms with E-state index in [0.29, 0.717) is 61.0 Å². The van der Waals surface area contributed by atoms with Gasteiger partial charge in [-0.25, -0.2) is 9.18 Å². The van der Waals surface area contributed by atoms with E-state index in [1.165, 1.54) is 0 Å². The minimum atomic E-state index is -1.23. The Bertz CT molecular complexity index is 1490. The van der Waals surface area contributed by atoms with E-state index in [-0.39, 0.29) is 49.4 Å². The fourth-order valence-corrected chi connectivity index (χ4v) is 8.91. The van der Waals surface area contributed by atoms with Crippen LogP contribution < -0.4 is 9.64 Å². The van der Waals surface area contributed by atoms with Gasteiger partial charge >= 0.3 is 12.1 Å². The van der Waals surface area contributed by atoms with Crippen LogP contribution in [0.15, 0.2) is 18.2 Å². The van der Waals surface area contributed by atoms with Gasteiger partial charge in [0.25, 0.3) is 0 Å². The summed E-state index contributed by atoms with van der Waals surface area (Å²) >= 11 is 6.50. The quantitative estimate of drug-likeness (QED) is 0.443. The molecule has 2 bridgehead atoms. The van der Waals surface area contributed by atoms with Gasteiger partial charge in [0.1, 0.15) is 24.2 Å². The smallest absolute Gasteiger partial charge is 0.410 e. The number of aromatic nitrogens is 2. The van der Waals surface area contributed by atoms with Crippen LogP contribution in [0.3, 0.4) is 0 Å². The Morgan fingerprint density at radius 3 is 2.63 bits per heavy atom. The Balaban J connectivity index is 1.22. The topological polar surface area (TPSA) is 111 Å². The lowest BCUT2D eigenvalue weighted by Gasteiger charge is -2.42. The second-order valence-corrected chi connectivity index (χ2v) is 15.3. The zero-order valence-corrected chi connectivity index (χ0v) is 27.7. The number of carbonyl (C=O) groups excluding carboxylic acids is 1. The molecule has 4 fully saturated rings. The molecular weight excluding hydrogens is 613 g/mol. The summed E-state index contributed by atoms with van der Waals surface area (Å²) in [6.45, 7) is 7.86. The van der Waals surface area contributed by atoms with E-state index >= 15 is 0 Å². The molecule has 1 aromatic heterocycles. The van der Waals surface area contributed by atoms with Gasteiger partial charge in [-0.2, -0.15) is 9.97 Å². The predicted octanol–water partition coefficient (Wildman–Crippen LogP) is 4.54. The Morgan fingerprint density at radius 1 is 1.15 bits per heavy atom. The number of aliphatic hydroxyl groups excluding tert-OH is 1. The lowest BCUT2D eigenvalue weighted by Crippen LogP contribution is -2.57. The van der Waals surface area contributed by atoms with E-state index in [4.69, 9.17) is 31.0 Å². The molecule has 5 aliphatic rings. The molecule has 2 aromatic rings. The van der Waals surface area contributed by atoms with Gasteiger partial charge in [0.05, 0.1) is 35.5 Å². The number of nitrogens with zero attached hydrogens (tertiary/aromatic N) is 5. The van der Waals surface area contributed by atoms with Crippen LogP contribution in [-0.4, -0.2) is 98.3 Å². The van der Waals surface area contributed by atoms with Crippen molar-refractivity contribution < 1.29 is 28.9 Å². The fraction of sp³-hybridized carbons (Fsp3) is 0.676. The van der Waals surface area contributed by atoms with Crippen LogP contribution in [-0.2, 0) is 29.8 Å². The van der Waals surface area contributed by atoms with Crippen LogP contribution in [0.4, 0.5) is 15.0 Å². The molecule has 0 saturated carbocycles. The third kappa shape index (κ3) is 5.71. The largest absolute Gasteiger partial charge is 0.461 e. The molecule has 12 heteroatoms. The number of alkyl halides is 1. The van der Waals surface area contributed by atoms with Crippen LogP contribution in [0.2, 0.25) is 5.02 Å². The van der Waals surface area contributed by atoms with Crippen LogP contribution in [0.1, 0.15) is 81.7 Å². The highest BCUT2D eigenvalue weighted by Gasteiger charge is 2.50. The van der Waals surface area contributed by atoms with Crippen LogP contribution >= 0.6 is 11.6 Å². The molecule has 0 radical (unpaired) electrons. The van der Waals surface area contributed by atoms with Gasteiger partial charge in [-0.05, 0) is 83.0 Å². The lowest BCUT2D eigenvalue weighted by atomic mass is 9.89. The van der Waals surface area contributed by atoms with Crippen molar-refractivity contribution in [3.8, 4) is 6.01 Å². The summed E-state index contributed by atoms with van der Waals surface area (Å²) in [5.41, 5.74) is 0.550. The van der Waals surface area contributed by atoms with Crippen molar-refractivity contribution in [1.29, 1.82) is 0 Å². The number of rotatable bonds is 7. The third-order valence-corrected chi connectivity index (χ3v) is 11.0. The first-order chi connectivity index (χ1) is 21.9. The number of carbonyl (C=O) groups is 1. The molecule has 1 amide bonds. The molecule has 1 aliphatic carbocycles. The van der Waals surface area contributed by atoms with E-state index < -0.39 is 17.4 Å². The minimum absolute atomic E-state index is 0.0677. The number of fused-ring (bicyclic) bond motifs is 4. The van der Waals surface area contributed by atoms with Gasteiger partial charge in [0.2, 0.25) is 0 Å². The summed E-state index contributed by atoms with van der Waals surface area (Å²) in [7, 11) is 0. The number of anilines is 1. The van der Waals surface area contributed by atoms with Crippen LogP contribution in [0.25, 0.3) is 0 Å². The number of hydrogen-bond acceptors (Lipinski definition) is 9. The van der Waals surface area contributed by atoms with Crippen LogP contribution in [0.5, 0.6) is 6.01 Å². The Labute approximate surface area is 274 Å². The fourth-order valence-electron chi connectivity index (χ4n) is 8.64. The molecule has 5 heterocycles. The zero-order valence-electron chi connectivity index (χ0n) is 27.0. The van der Waals surface area contributed by atoms with Gasteiger partial charge < -0.3 is 24.6 Å². The normalized spacial score (nSPS) is 30.5. The molecule has 2 N–H and O–H groups in total. The first-order valence-corrected chi connectivity index (χ1v) is 17.0. The van der Waals surface area contributed by atoms with E-state index in [1.54, 1.807) is 0 Å². The standard InChI is InChI=1S/C34H45ClFN5O5/c1-32(2,3)46-31(43)41-22-8-9-23(41)18-39(17-22)29-25(19-42)28(15-34(44)12-10-24-26(34)6-4-7-27(24)35)37-30(38-29)45-20-33-11-5-13-40(33)16-21(36)14-33/h4,6-7,21-23,42,44H,5,8-20H2,1-3H3/t21-,22?,23?,33+,34?/m1/s1. The maximum absolute atomic E-state index is 14.5. The number of hydrogen-bond donors (Lipinski definition) is 2. The first kappa shape index (κ1) is 31.8. The Hall–Kier alpha value is -2.73. The maximum Gasteiger partial charge on any atom is 0.410 e. The average molecular weight is 658 g/mol. The number of aliphatic hydroxyl groups is 2. The monoisotopic (exact) mass is 657 g/mol. The predicted molar refractivity (Wildman–Crippen MR) is 171 cm³/mol. The van der Waals surface area contributed by atoms with Crippen molar-refractivity contribution in [2.24, 2.45) is 0 Å². The van der Waals surface area contributed by atoms with Gasteiger partial charge in [-0.3, -0.25) is 9.80 Å². The SMILES string of the molecule is CC(C)(C)OC(=O)N1C2CCC1CN(c1nc(OC[C@@]34CCCN3C[C@H](F)C4)nc(CC3(O)CCc4c(Cl)cccc43)c1CO)C2. The number of ether oxygens (including phenoxy) is 2. The summed E-state index contributed by atoms with van der Waals surface area (Å²) in [4.78, 5) is 29.0. The summed E-state index contributed by atoms with van der Waals surface area (Å²) in [5.74, 6) is 0.548. The zero-order chi connectivity index (χ0) is 32.4. The Morgan fingerprint density at radius 2 is 1.91 bits per heavy atom. The molecule has 7 rings (SSSR count). The number of piperazine rings is 1. The molecular formula is C34H45ClFN5O5. The van der Waals surface area contributed by atoms with Gasteiger partial charge in [-0.15, -0.1) is 0 Å². The van der Waals surface area contributed by atoms with Gasteiger partial charge in [0, 0.05) is 43.1 Å². The summed E-state index contributed by atoms with van der Waals surface area (Å²) in [6, 6.07) is 5.60. The second kappa shape index (κ2) is 11.8. The molecule has 5 atom stereocenters. The highest BCUT2D eigenvalue weighted by molar-refractivity contribution is 6.31. The van der Waals surface area contributed by atoms with Gasteiger partial charge in [0.15, 0.2) is 0 Å².